The molecule has 0 fully saturated rings. The number of nitrogens with zero attached hydrogens (tertiary/aromatic N) is 3. The largest absolute Gasteiger partial charge is 0.475 e. The molecule has 0 saturated heterocycles. The van der Waals surface area contributed by atoms with Gasteiger partial charge in [-0.1, -0.05) is 36.4 Å². The fourth-order valence-corrected chi connectivity index (χ4v) is 4.29. The first-order valence-corrected chi connectivity index (χ1v) is 11.2. The predicted molar refractivity (Wildman–Crippen MR) is 133 cm³/mol. The number of hydrogen-bond donors (Lipinski definition) is 1. The lowest BCUT2D eigenvalue weighted by molar-refractivity contribution is -0.139. The Bertz CT molecular complexity index is 1350. The molecule has 36 heavy (non-hydrogen) atoms. The maximum atomic E-state index is 13.2. The molecule has 1 atom stereocenters. The normalized spacial score (nSPS) is 18.8. The number of aliphatic imine (C=N–C) groups is 1. The van der Waals surface area contributed by atoms with Crippen molar-refractivity contribution in [1.29, 1.82) is 5.26 Å². The number of esters is 2. The first-order valence-electron chi connectivity index (χ1n) is 11.2. The van der Waals surface area contributed by atoms with E-state index in [1.807, 2.05) is 19.9 Å². The lowest BCUT2D eigenvalue weighted by Crippen LogP contribution is -2.40. The molecule has 2 aliphatic rings. The second kappa shape index (κ2) is 9.58. The summed E-state index contributed by atoms with van der Waals surface area (Å²) in [6.45, 7) is 4.34. The first-order chi connectivity index (χ1) is 17.2. The number of carbonyl (C=O) groups is 2. The lowest BCUT2D eigenvalue weighted by atomic mass is 9.81. The fraction of sp³-hybridized carbons (Fsp3) is 0.259. The average Bonchev–Trinajstić information content (AvgIpc) is 3.27. The molecule has 0 amide bonds. The van der Waals surface area contributed by atoms with Crippen LogP contribution in [0.5, 0.6) is 0 Å². The molecule has 2 aromatic rings. The van der Waals surface area contributed by atoms with Crippen LogP contribution >= 0.6 is 0 Å². The maximum Gasteiger partial charge on any atom is 0.355 e. The molecule has 4 rings (SSSR count). The smallest absolute Gasteiger partial charge is 0.355 e. The molecule has 0 spiro atoms. The molecule has 2 heterocycles. The highest BCUT2D eigenvalue weighted by Crippen LogP contribution is 2.43. The molecular weight excluding hydrogens is 460 g/mol. The first kappa shape index (κ1) is 24.5. The zero-order valence-corrected chi connectivity index (χ0v) is 20.4. The number of nitriles is 1. The summed E-state index contributed by atoms with van der Waals surface area (Å²) in [4.78, 5) is 32.3. The Balaban J connectivity index is 1.98. The molecular formula is C27H26N4O5. The van der Waals surface area contributed by atoms with Gasteiger partial charge in [-0.3, -0.25) is 4.90 Å². The Labute approximate surface area is 209 Å². The average molecular weight is 487 g/mol. The van der Waals surface area contributed by atoms with Crippen molar-refractivity contribution in [3.63, 3.8) is 0 Å². The highest BCUT2D eigenvalue weighted by atomic mass is 16.5. The monoisotopic (exact) mass is 486 g/mol. The van der Waals surface area contributed by atoms with Gasteiger partial charge in [-0.15, -0.1) is 0 Å². The van der Waals surface area contributed by atoms with Crippen molar-refractivity contribution in [2.75, 3.05) is 25.7 Å². The van der Waals surface area contributed by atoms with Crippen LogP contribution < -0.4 is 10.6 Å². The van der Waals surface area contributed by atoms with E-state index in [4.69, 9.17) is 19.9 Å². The minimum atomic E-state index is -0.930. The van der Waals surface area contributed by atoms with E-state index in [1.165, 1.54) is 19.1 Å². The Morgan fingerprint density at radius 3 is 2.39 bits per heavy atom. The van der Waals surface area contributed by atoms with Crippen LogP contribution in [0.4, 0.5) is 5.69 Å². The molecule has 184 valence electrons. The van der Waals surface area contributed by atoms with Gasteiger partial charge in [0.1, 0.15) is 18.1 Å². The zero-order chi connectivity index (χ0) is 26.0. The van der Waals surface area contributed by atoms with E-state index in [0.29, 0.717) is 29.3 Å². The summed E-state index contributed by atoms with van der Waals surface area (Å²) >= 11 is 0. The third-order valence-corrected chi connectivity index (χ3v) is 5.93. The van der Waals surface area contributed by atoms with Crippen molar-refractivity contribution in [3.05, 3.63) is 88.4 Å². The van der Waals surface area contributed by atoms with Crippen LogP contribution in [0, 0.1) is 11.3 Å². The Morgan fingerprint density at radius 2 is 1.81 bits per heavy atom. The minimum absolute atomic E-state index is 0.00818. The summed E-state index contributed by atoms with van der Waals surface area (Å²) in [7, 11) is 2.42. The van der Waals surface area contributed by atoms with Crippen molar-refractivity contribution in [2.24, 2.45) is 10.7 Å². The van der Waals surface area contributed by atoms with Crippen molar-refractivity contribution < 1.29 is 23.8 Å². The van der Waals surface area contributed by atoms with Gasteiger partial charge in [0, 0.05) is 11.3 Å². The van der Waals surface area contributed by atoms with Crippen LogP contribution in [-0.4, -0.2) is 44.2 Å². The Kier molecular flexibility index (Phi) is 6.53. The van der Waals surface area contributed by atoms with Crippen molar-refractivity contribution in [2.45, 2.75) is 25.3 Å². The molecule has 9 heteroatoms. The minimum Gasteiger partial charge on any atom is -0.475 e. The maximum absolute atomic E-state index is 13.2. The van der Waals surface area contributed by atoms with Gasteiger partial charge in [0.05, 0.1) is 42.9 Å². The number of methoxy groups -OCH3 is 2. The topological polar surface area (TPSA) is 127 Å². The quantitative estimate of drug-likeness (QED) is 0.639. The Morgan fingerprint density at radius 1 is 1.11 bits per heavy atom. The molecule has 1 unspecified atom stereocenters. The van der Waals surface area contributed by atoms with E-state index in [9.17, 15) is 14.9 Å². The van der Waals surface area contributed by atoms with E-state index in [1.54, 1.807) is 48.5 Å². The molecule has 0 radical (unpaired) electrons. The summed E-state index contributed by atoms with van der Waals surface area (Å²) in [5.74, 6) is -2.08. The molecule has 2 aromatic carbocycles. The van der Waals surface area contributed by atoms with Gasteiger partial charge in [0.15, 0.2) is 0 Å². The molecule has 0 aliphatic carbocycles. The molecule has 0 aromatic heterocycles. The van der Waals surface area contributed by atoms with E-state index in [-0.39, 0.29) is 28.2 Å². The predicted octanol–water partition coefficient (Wildman–Crippen LogP) is 3.14. The fourth-order valence-electron chi connectivity index (χ4n) is 4.29. The van der Waals surface area contributed by atoms with Crippen LogP contribution in [0.25, 0.3) is 0 Å². The summed E-state index contributed by atoms with van der Waals surface area (Å²) < 4.78 is 15.9. The van der Waals surface area contributed by atoms with Crippen LogP contribution in [0.2, 0.25) is 0 Å². The van der Waals surface area contributed by atoms with Gasteiger partial charge in [-0.05, 0) is 37.6 Å². The summed E-state index contributed by atoms with van der Waals surface area (Å²) in [5, 5.41) is 10.2. The third kappa shape index (κ3) is 4.29. The number of allylic oxidation sites excluding steroid dienone is 1. The van der Waals surface area contributed by atoms with Crippen molar-refractivity contribution in [3.8, 4) is 6.07 Å². The molecule has 0 saturated carbocycles. The molecule has 9 nitrogen and oxygen atoms in total. The number of nitrogens with two attached hydrogens (primary N) is 1. The van der Waals surface area contributed by atoms with Crippen LogP contribution in [0.15, 0.2) is 82.3 Å². The second-order valence-corrected chi connectivity index (χ2v) is 8.90. The van der Waals surface area contributed by atoms with E-state index in [0.717, 1.165) is 0 Å². The van der Waals surface area contributed by atoms with Gasteiger partial charge < -0.3 is 19.9 Å². The third-order valence-electron chi connectivity index (χ3n) is 5.93. The standard InChI is InChI=1S/C27H26N4O5/c1-27(2)15-36-24(30-27)17-11-8-12-18(13-17)31-22(26(33)35-4)21(25(32)34-3)20(19(14-28)23(31)29)16-9-6-5-7-10-16/h5-13,20H,15,29H2,1-4H3. The number of hydrogen-bond acceptors (Lipinski definition) is 9. The molecule has 2 aliphatic heterocycles. The van der Waals surface area contributed by atoms with Crippen LogP contribution in [0.1, 0.15) is 30.9 Å². The summed E-state index contributed by atoms with van der Waals surface area (Å²) in [6.07, 6.45) is 0. The lowest BCUT2D eigenvalue weighted by Gasteiger charge is -2.36. The van der Waals surface area contributed by atoms with E-state index < -0.39 is 17.9 Å². The number of ether oxygens (including phenoxy) is 3. The Hall–Kier alpha value is -4.58. The van der Waals surface area contributed by atoms with Gasteiger partial charge >= 0.3 is 11.9 Å². The molecule has 2 N–H and O–H groups in total. The second-order valence-electron chi connectivity index (χ2n) is 8.90. The zero-order valence-electron chi connectivity index (χ0n) is 20.4. The number of anilines is 1. The van der Waals surface area contributed by atoms with Crippen LogP contribution in [-0.2, 0) is 23.8 Å². The van der Waals surface area contributed by atoms with E-state index in [2.05, 4.69) is 11.1 Å². The summed E-state index contributed by atoms with van der Waals surface area (Å²) in [6, 6.07) is 18.0. The number of benzene rings is 2. The van der Waals surface area contributed by atoms with Crippen molar-refractivity contribution in [1.82, 2.24) is 0 Å². The van der Waals surface area contributed by atoms with Gasteiger partial charge in [0.2, 0.25) is 5.90 Å². The molecule has 0 bridgehead atoms. The highest BCUT2D eigenvalue weighted by molar-refractivity contribution is 6.06. The van der Waals surface area contributed by atoms with Gasteiger partial charge in [0.25, 0.3) is 0 Å². The van der Waals surface area contributed by atoms with Crippen molar-refractivity contribution >= 4 is 23.5 Å². The SMILES string of the molecule is COC(=O)C1=C(C(=O)OC)N(c2cccc(C3=NC(C)(C)CO3)c2)C(N)=C(C#N)C1c1ccccc1. The van der Waals surface area contributed by atoms with Gasteiger partial charge in [-0.25, -0.2) is 14.6 Å². The number of rotatable bonds is 5. The van der Waals surface area contributed by atoms with Gasteiger partial charge in [-0.2, -0.15) is 5.26 Å². The summed E-state index contributed by atoms with van der Waals surface area (Å²) in [5.41, 5.74) is 7.75. The number of carbonyl (C=O) groups excluding carboxylic acids is 2. The van der Waals surface area contributed by atoms with Crippen LogP contribution in [0.3, 0.4) is 0 Å². The van der Waals surface area contributed by atoms with E-state index >= 15 is 0 Å². The highest BCUT2D eigenvalue weighted by Gasteiger charge is 2.43.